The van der Waals surface area contributed by atoms with Gasteiger partial charge >= 0.3 is 5.97 Å². The lowest BCUT2D eigenvalue weighted by Gasteiger charge is -2.08. The Morgan fingerprint density at radius 3 is 2.24 bits per heavy atom. The highest BCUT2D eigenvalue weighted by Gasteiger charge is 2.17. The summed E-state index contributed by atoms with van der Waals surface area (Å²) in [6.45, 7) is 3.65. The number of hydrogen-bond donors (Lipinski definition) is 1. The fraction of sp³-hybridized carbons (Fsp3) is 0.207. The molecule has 0 amide bonds. The topological polar surface area (TPSA) is 98.0 Å². The molecule has 8 heteroatoms. The van der Waals surface area contributed by atoms with Gasteiger partial charge in [-0.1, -0.05) is 36.4 Å². The Labute approximate surface area is 218 Å². The molecule has 0 saturated heterocycles. The average molecular weight is 515 g/mol. The summed E-state index contributed by atoms with van der Waals surface area (Å²) in [7, 11) is 0. The van der Waals surface area contributed by atoms with E-state index < -0.39 is 5.97 Å². The summed E-state index contributed by atoms with van der Waals surface area (Å²) >= 11 is 1.08. The fourth-order valence-electron chi connectivity index (χ4n) is 4.11. The first-order chi connectivity index (χ1) is 17.9. The third-order valence-electron chi connectivity index (χ3n) is 5.94. The van der Waals surface area contributed by atoms with Gasteiger partial charge in [0.2, 0.25) is 0 Å². The molecule has 0 spiro atoms. The van der Waals surface area contributed by atoms with Gasteiger partial charge < -0.3 is 14.4 Å². The Morgan fingerprint density at radius 1 is 0.946 bits per heavy atom. The van der Waals surface area contributed by atoms with Gasteiger partial charge in [0, 0.05) is 51.4 Å². The van der Waals surface area contributed by atoms with Crippen LogP contribution in [0.2, 0.25) is 0 Å². The van der Waals surface area contributed by atoms with Crippen LogP contribution in [0.15, 0.2) is 76.0 Å². The van der Waals surface area contributed by atoms with E-state index in [0.717, 1.165) is 45.0 Å². The molecule has 0 atom stereocenters. The first-order valence-corrected chi connectivity index (χ1v) is 12.6. The number of allylic oxidation sites excluding steroid dienone is 1. The Bertz CT molecular complexity index is 1550. The lowest BCUT2D eigenvalue weighted by Crippen LogP contribution is -2.11. The van der Waals surface area contributed by atoms with Crippen LogP contribution in [0.3, 0.4) is 0 Å². The van der Waals surface area contributed by atoms with Crippen molar-refractivity contribution in [2.75, 3.05) is 13.2 Å². The Morgan fingerprint density at radius 2 is 1.59 bits per heavy atom. The summed E-state index contributed by atoms with van der Waals surface area (Å²) in [6.07, 6.45) is 0.139. The van der Waals surface area contributed by atoms with E-state index in [2.05, 4.69) is 4.40 Å². The fourth-order valence-corrected chi connectivity index (χ4v) is 4.53. The first kappa shape index (κ1) is 26.1. The van der Waals surface area contributed by atoms with E-state index in [9.17, 15) is 14.4 Å². The van der Waals surface area contributed by atoms with Gasteiger partial charge in [0.1, 0.15) is 12.5 Å². The van der Waals surface area contributed by atoms with Gasteiger partial charge in [-0.15, -0.1) is 0 Å². The van der Waals surface area contributed by atoms with Crippen LogP contribution in [0, 0.1) is 0 Å². The standard InChI is InChI=1S/C29H26N2O5S/c1-19(18-33)37-30-20(2)22-8-10-26-24(16-22)25-17-23(29(35)21-6-4-3-5-7-21)9-11-27(25)31(26)13-12-28(34)36-15-14-32/h3-11,16-17,32H,12-15H2,1-2H3/b30-20-. The number of hydrogen-bond acceptors (Lipinski definition) is 7. The summed E-state index contributed by atoms with van der Waals surface area (Å²) < 4.78 is 11.5. The van der Waals surface area contributed by atoms with E-state index >= 15 is 0 Å². The second-order valence-corrected chi connectivity index (χ2v) is 9.41. The smallest absolute Gasteiger partial charge is 0.307 e. The number of rotatable bonds is 10. The number of ketones is 1. The number of ether oxygens (including phenoxy) is 1. The highest BCUT2D eigenvalue weighted by Crippen LogP contribution is 2.32. The third-order valence-corrected chi connectivity index (χ3v) is 6.66. The van der Waals surface area contributed by atoms with Crippen molar-refractivity contribution in [3.8, 4) is 0 Å². The Balaban J connectivity index is 1.81. The Hall–Kier alpha value is -3.97. The van der Waals surface area contributed by atoms with E-state index in [1.54, 1.807) is 25.1 Å². The van der Waals surface area contributed by atoms with Crippen LogP contribution >= 0.6 is 11.9 Å². The lowest BCUT2D eigenvalue weighted by molar-refractivity contribution is -0.144. The number of aliphatic hydroxyl groups excluding tert-OH is 1. The second kappa shape index (κ2) is 11.8. The number of aromatic nitrogens is 1. The quantitative estimate of drug-likeness (QED) is 0.103. The second-order valence-electron chi connectivity index (χ2n) is 8.43. The molecule has 1 N–H and O–H groups in total. The largest absolute Gasteiger partial charge is 0.463 e. The van der Waals surface area contributed by atoms with Crippen LogP contribution in [0.25, 0.3) is 21.8 Å². The molecule has 0 fully saturated rings. The summed E-state index contributed by atoms with van der Waals surface area (Å²) in [4.78, 5) is 36.5. The van der Waals surface area contributed by atoms with Crippen LogP contribution in [-0.4, -0.2) is 46.3 Å². The van der Waals surface area contributed by atoms with Crippen molar-refractivity contribution in [2.45, 2.75) is 26.8 Å². The minimum Gasteiger partial charge on any atom is -0.463 e. The van der Waals surface area contributed by atoms with Crippen molar-refractivity contribution >= 4 is 57.2 Å². The molecule has 0 radical (unpaired) electrons. The summed E-state index contributed by atoms with van der Waals surface area (Å²) in [5, 5.41) is 10.7. The molecule has 4 rings (SSSR count). The molecule has 37 heavy (non-hydrogen) atoms. The third kappa shape index (κ3) is 5.89. The molecule has 1 aromatic heterocycles. The van der Waals surface area contributed by atoms with E-state index in [1.165, 1.54) is 0 Å². The molecule has 7 nitrogen and oxygen atoms in total. The number of carbonyl (C=O) groups excluding carboxylic acids is 3. The van der Waals surface area contributed by atoms with Crippen molar-refractivity contribution in [2.24, 2.45) is 4.40 Å². The van der Waals surface area contributed by atoms with Crippen LogP contribution in [0.4, 0.5) is 0 Å². The van der Waals surface area contributed by atoms with Crippen LogP contribution in [0.1, 0.15) is 41.8 Å². The van der Waals surface area contributed by atoms with E-state index in [4.69, 9.17) is 9.84 Å². The molecule has 0 bridgehead atoms. The van der Waals surface area contributed by atoms with E-state index in [0.29, 0.717) is 22.6 Å². The molecule has 0 aliphatic heterocycles. The van der Waals surface area contributed by atoms with E-state index in [-0.39, 0.29) is 25.4 Å². The van der Waals surface area contributed by atoms with Gasteiger partial charge in [-0.05, 0) is 49.7 Å². The van der Waals surface area contributed by atoms with Gasteiger partial charge in [-0.2, -0.15) is 0 Å². The molecule has 4 aromatic rings. The normalized spacial score (nSPS) is 11.5. The number of fused-ring (bicyclic) bond motifs is 3. The SMILES string of the molecule is CC(=C=O)S/N=C(/C)c1ccc2c(c1)c1cc(C(=O)c3ccccc3)ccc1n2CCC(=O)OCCO. The number of aryl methyl sites for hydroxylation is 1. The van der Waals surface area contributed by atoms with Crippen molar-refractivity contribution < 1.29 is 24.2 Å². The molecule has 0 unspecified atom stereocenters. The van der Waals surface area contributed by atoms with Crippen molar-refractivity contribution in [1.29, 1.82) is 0 Å². The summed E-state index contributed by atoms with van der Waals surface area (Å²) in [5.41, 5.74) is 4.58. The molecular formula is C29H26N2O5S. The predicted molar refractivity (Wildman–Crippen MR) is 147 cm³/mol. The molecule has 188 valence electrons. The van der Waals surface area contributed by atoms with Gasteiger partial charge in [-0.25, -0.2) is 9.19 Å². The van der Waals surface area contributed by atoms with Crippen molar-refractivity contribution in [3.05, 3.63) is 88.3 Å². The zero-order chi connectivity index (χ0) is 26.4. The minimum atomic E-state index is -0.393. The zero-order valence-electron chi connectivity index (χ0n) is 20.6. The van der Waals surface area contributed by atoms with Crippen LogP contribution < -0.4 is 0 Å². The van der Waals surface area contributed by atoms with Gasteiger partial charge in [0.25, 0.3) is 0 Å². The maximum atomic E-state index is 13.2. The molecule has 1 heterocycles. The first-order valence-electron chi connectivity index (χ1n) is 11.8. The number of carbonyl (C=O) groups is 2. The van der Waals surface area contributed by atoms with Crippen molar-refractivity contribution in [1.82, 2.24) is 4.57 Å². The molecule has 0 saturated carbocycles. The molecular weight excluding hydrogens is 488 g/mol. The zero-order valence-corrected chi connectivity index (χ0v) is 21.4. The van der Waals surface area contributed by atoms with Crippen LogP contribution in [-0.2, 0) is 20.9 Å². The maximum Gasteiger partial charge on any atom is 0.307 e. The minimum absolute atomic E-state index is 0.0320. The summed E-state index contributed by atoms with van der Waals surface area (Å²) in [5.74, 6) is 1.37. The lowest BCUT2D eigenvalue weighted by atomic mass is 10.0. The number of nitrogens with zero attached hydrogens (tertiary/aromatic N) is 2. The molecule has 0 aliphatic carbocycles. The average Bonchev–Trinajstić information content (AvgIpc) is 3.25. The van der Waals surface area contributed by atoms with Gasteiger partial charge in [0.05, 0.1) is 23.6 Å². The van der Waals surface area contributed by atoms with Crippen LogP contribution in [0.5, 0.6) is 0 Å². The maximum absolute atomic E-state index is 13.2. The van der Waals surface area contributed by atoms with Gasteiger partial charge in [-0.3, -0.25) is 9.59 Å². The summed E-state index contributed by atoms with van der Waals surface area (Å²) in [6, 6.07) is 20.6. The number of esters is 1. The molecule has 0 aliphatic rings. The number of benzene rings is 3. The number of aliphatic hydroxyl groups is 1. The predicted octanol–water partition coefficient (Wildman–Crippen LogP) is 5.14. The Kier molecular flexibility index (Phi) is 8.36. The van der Waals surface area contributed by atoms with Crippen molar-refractivity contribution in [3.63, 3.8) is 0 Å². The highest BCUT2D eigenvalue weighted by atomic mass is 32.2. The molecule has 3 aromatic carbocycles. The highest BCUT2D eigenvalue weighted by molar-refractivity contribution is 8.02. The van der Waals surface area contributed by atoms with E-state index in [1.807, 2.05) is 66.0 Å². The monoisotopic (exact) mass is 514 g/mol. The van der Waals surface area contributed by atoms with Gasteiger partial charge in [0.15, 0.2) is 5.78 Å².